The van der Waals surface area contributed by atoms with Crippen LogP contribution in [0.4, 0.5) is 0 Å². The first kappa shape index (κ1) is 61.9. The summed E-state index contributed by atoms with van der Waals surface area (Å²) >= 11 is 0. The molecule has 0 aliphatic carbocycles. The second kappa shape index (κ2) is 53.5. The van der Waals surface area contributed by atoms with Gasteiger partial charge >= 0.3 is 17.9 Å². The SMILES string of the molecule is CC/C=C\C/C=C\C/C=C\C/C=C\C/C=C\CC(=O)OC(COC(=O)CCCCCCC/C=C\CCCCCC)COC(=O)CCCCCCCCCCCCCCCCCCCCC. The normalized spacial score (nSPS) is 12.6. The number of hydrogen-bond donors (Lipinski definition) is 0. The number of allylic oxidation sites excluding steroid dienone is 11. The maximum Gasteiger partial charge on any atom is 0.310 e. The Kier molecular flexibility index (Phi) is 50.9. The van der Waals surface area contributed by atoms with E-state index in [0.717, 1.165) is 83.5 Å². The van der Waals surface area contributed by atoms with Crippen molar-refractivity contribution in [1.29, 1.82) is 0 Å². The maximum atomic E-state index is 12.8. The van der Waals surface area contributed by atoms with E-state index >= 15 is 0 Å². The summed E-state index contributed by atoms with van der Waals surface area (Å²) in [6.45, 7) is 6.44. The molecule has 374 valence electrons. The lowest BCUT2D eigenvalue weighted by Crippen LogP contribution is -2.30. The first-order valence-corrected chi connectivity index (χ1v) is 27.4. The lowest BCUT2D eigenvalue weighted by molar-refractivity contribution is -0.166. The number of hydrogen-bond acceptors (Lipinski definition) is 6. The Morgan fingerprint density at radius 1 is 0.338 bits per heavy atom. The summed E-state index contributed by atoms with van der Waals surface area (Å²) in [6.07, 6.45) is 67.8. The van der Waals surface area contributed by atoms with Crippen LogP contribution in [0.1, 0.15) is 265 Å². The zero-order chi connectivity index (χ0) is 47.2. The number of esters is 3. The van der Waals surface area contributed by atoms with Crippen molar-refractivity contribution in [3.05, 3.63) is 72.9 Å². The minimum atomic E-state index is -0.831. The molecule has 0 saturated heterocycles. The molecular formula is C59H102O6. The summed E-state index contributed by atoms with van der Waals surface area (Å²) in [5.74, 6) is -1.05. The van der Waals surface area contributed by atoms with Gasteiger partial charge in [-0.25, -0.2) is 0 Å². The molecule has 0 aromatic heterocycles. The molecule has 0 aromatic carbocycles. The molecule has 65 heavy (non-hydrogen) atoms. The van der Waals surface area contributed by atoms with Crippen molar-refractivity contribution in [2.75, 3.05) is 13.2 Å². The topological polar surface area (TPSA) is 78.9 Å². The van der Waals surface area contributed by atoms with Crippen LogP contribution >= 0.6 is 0 Å². The molecule has 6 heteroatoms. The van der Waals surface area contributed by atoms with Gasteiger partial charge in [0.05, 0.1) is 6.42 Å². The fourth-order valence-corrected chi connectivity index (χ4v) is 7.63. The van der Waals surface area contributed by atoms with Gasteiger partial charge in [0.1, 0.15) is 13.2 Å². The first-order valence-electron chi connectivity index (χ1n) is 27.4. The van der Waals surface area contributed by atoms with Crippen LogP contribution in [0.2, 0.25) is 0 Å². The van der Waals surface area contributed by atoms with E-state index in [-0.39, 0.29) is 31.6 Å². The highest BCUT2D eigenvalue weighted by Crippen LogP contribution is 2.16. The van der Waals surface area contributed by atoms with Gasteiger partial charge in [-0.1, -0.05) is 248 Å². The highest BCUT2D eigenvalue weighted by atomic mass is 16.6. The molecule has 0 radical (unpaired) electrons. The second-order valence-corrected chi connectivity index (χ2v) is 18.1. The Morgan fingerprint density at radius 3 is 1.02 bits per heavy atom. The fourth-order valence-electron chi connectivity index (χ4n) is 7.63. The molecule has 0 spiro atoms. The van der Waals surface area contributed by atoms with Crippen molar-refractivity contribution in [1.82, 2.24) is 0 Å². The number of unbranched alkanes of at least 4 members (excludes halogenated alkanes) is 27. The Balaban J connectivity index is 4.44. The average Bonchev–Trinajstić information content (AvgIpc) is 3.30. The Bertz CT molecular complexity index is 1230. The van der Waals surface area contributed by atoms with E-state index in [1.54, 1.807) is 6.08 Å². The zero-order valence-electron chi connectivity index (χ0n) is 42.7. The summed E-state index contributed by atoms with van der Waals surface area (Å²) in [6, 6.07) is 0. The van der Waals surface area contributed by atoms with Crippen LogP contribution in [0.15, 0.2) is 72.9 Å². The predicted molar refractivity (Wildman–Crippen MR) is 279 cm³/mol. The van der Waals surface area contributed by atoms with Gasteiger partial charge in [0.15, 0.2) is 6.10 Å². The molecule has 1 atom stereocenters. The molecule has 0 aromatic rings. The largest absolute Gasteiger partial charge is 0.462 e. The summed E-state index contributed by atoms with van der Waals surface area (Å²) in [5, 5.41) is 0. The summed E-state index contributed by atoms with van der Waals surface area (Å²) in [4.78, 5) is 38.0. The highest BCUT2D eigenvalue weighted by molar-refractivity contribution is 5.72. The van der Waals surface area contributed by atoms with Crippen LogP contribution in [0.25, 0.3) is 0 Å². The maximum absolute atomic E-state index is 12.8. The molecule has 0 aliphatic heterocycles. The lowest BCUT2D eigenvalue weighted by Gasteiger charge is -2.18. The molecule has 0 amide bonds. The second-order valence-electron chi connectivity index (χ2n) is 18.1. The quantitative estimate of drug-likeness (QED) is 0.0262. The van der Waals surface area contributed by atoms with E-state index in [0.29, 0.717) is 12.8 Å². The number of carbonyl (C=O) groups excluding carboxylic acids is 3. The summed E-state index contributed by atoms with van der Waals surface area (Å²) < 4.78 is 16.7. The molecule has 1 unspecified atom stereocenters. The predicted octanol–water partition coefficient (Wildman–Crippen LogP) is 18.2. The van der Waals surface area contributed by atoms with Crippen molar-refractivity contribution in [3.8, 4) is 0 Å². The Labute approximate surface area is 402 Å². The van der Waals surface area contributed by atoms with E-state index in [1.165, 1.54) is 141 Å². The number of carbonyl (C=O) groups is 3. The molecule has 0 rings (SSSR count). The molecule has 0 heterocycles. The minimum absolute atomic E-state index is 0.0972. The first-order chi connectivity index (χ1) is 32.0. The number of ether oxygens (including phenoxy) is 3. The average molecular weight is 907 g/mol. The van der Waals surface area contributed by atoms with Gasteiger partial charge in [0, 0.05) is 12.8 Å². The van der Waals surface area contributed by atoms with Gasteiger partial charge in [-0.05, 0) is 70.6 Å². The molecule has 0 saturated carbocycles. The molecule has 0 N–H and O–H groups in total. The van der Waals surface area contributed by atoms with E-state index in [9.17, 15) is 14.4 Å². The van der Waals surface area contributed by atoms with Crippen molar-refractivity contribution >= 4 is 17.9 Å². The van der Waals surface area contributed by atoms with Crippen molar-refractivity contribution in [2.24, 2.45) is 0 Å². The van der Waals surface area contributed by atoms with Crippen LogP contribution in [0.5, 0.6) is 0 Å². The van der Waals surface area contributed by atoms with Gasteiger partial charge in [0.25, 0.3) is 0 Å². The third-order valence-electron chi connectivity index (χ3n) is 11.7. The Hall–Kier alpha value is -3.15. The highest BCUT2D eigenvalue weighted by Gasteiger charge is 2.19. The lowest BCUT2D eigenvalue weighted by atomic mass is 10.0. The van der Waals surface area contributed by atoms with Crippen molar-refractivity contribution in [3.63, 3.8) is 0 Å². The molecule has 0 fully saturated rings. The van der Waals surface area contributed by atoms with E-state index < -0.39 is 12.1 Å². The van der Waals surface area contributed by atoms with Crippen molar-refractivity contribution < 1.29 is 28.6 Å². The summed E-state index contributed by atoms with van der Waals surface area (Å²) in [5.41, 5.74) is 0. The van der Waals surface area contributed by atoms with Gasteiger partial charge < -0.3 is 14.2 Å². The van der Waals surface area contributed by atoms with Crippen LogP contribution in [0, 0.1) is 0 Å². The standard InChI is InChI=1S/C59H102O6/c1-4-7-10-13-16-19-22-25-27-28-29-30-32-34-37-40-43-46-49-52-58(61)64-55-56(54-63-57(60)51-48-45-42-39-36-33-24-21-18-15-12-9-6-3)65-59(62)53-50-47-44-41-38-35-31-26-23-20-17-14-11-8-5-2/h8,11,17,20-21,24,26,31,38,41,47,50,56H,4-7,9-10,12-16,18-19,22-23,25,27-30,32-37,39-40,42-46,48-49,51-55H2,1-3H3/b11-8-,20-17-,24-21-,31-26-,41-38-,50-47-. The minimum Gasteiger partial charge on any atom is -0.462 e. The van der Waals surface area contributed by atoms with Crippen molar-refractivity contribution in [2.45, 2.75) is 271 Å². The van der Waals surface area contributed by atoms with Crippen LogP contribution in [-0.2, 0) is 28.6 Å². The third kappa shape index (κ3) is 51.7. The van der Waals surface area contributed by atoms with Gasteiger partial charge in [-0.15, -0.1) is 0 Å². The van der Waals surface area contributed by atoms with Gasteiger partial charge in [-0.2, -0.15) is 0 Å². The molecule has 6 nitrogen and oxygen atoms in total. The van der Waals surface area contributed by atoms with Crippen LogP contribution in [-0.4, -0.2) is 37.2 Å². The monoisotopic (exact) mass is 907 g/mol. The summed E-state index contributed by atoms with van der Waals surface area (Å²) in [7, 11) is 0. The smallest absolute Gasteiger partial charge is 0.310 e. The third-order valence-corrected chi connectivity index (χ3v) is 11.7. The number of rotatable bonds is 49. The van der Waals surface area contributed by atoms with Gasteiger partial charge in [0.2, 0.25) is 0 Å². The zero-order valence-corrected chi connectivity index (χ0v) is 42.7. The molecule has 0 aliphatic rings. The van der Waals surface area contributed by atoms with E-state index in [1.807, 2.05) is 6.08 Å². The molecular weight excluding hydrogens is 805 g/mol. The van der Waals surface area contributed by atoms with Gasteiger partial charge in [-0.3, -0.25) is 14.4 Å². The molecule has 0 bridgehead atoms. The van der Waals surface area contributed by atoms with E-state index in [2.05, 4.69) is 81.5 Å². The fraction of sp³-hybridized carbons (Fsp3) is 0.746. The van der Waals surface area contributed by atoms with E-state index in [4.69, 9.17) is 14.2 Å². The Morgan fingerprint density at radius 2 is 0.646 bits per heavy atom. The van der Waals surface area contributed by atoms with Crippen LogP contribution in [0.3, 0.4) is 0 Å². The van der Waals surface area contributed by atoms with Crippen LogP contribution < -0.4 is 0 Å².